The smallest absolute Gasteiger partial charge is 0.130 e. The van der Waals surface area contributed by atoms with Crippen molar-refractivity contribution >= 4 is 0 Å². The minimum Gasteiger partial charge on any atom is -0.337 e. The summed E-state index contributed by atoms with van der Waals surface area (Å²) in [5, 5.41) is 9.24. The average Bonchev–Trinajstić information content (AvgIpc) is 2.69. The van der Waals surface area contributed by atoms with Crippen molar-refractivity contribution in [2.24, 2.45) is 7.05 Å². The minimum atomic E-state index is -0.291. The summed E-state index contributed by atoms with van der Waals surface area (Å²) in [7, 11) is 1.90. The van der Waals surface area contributed by atoms with Crippen LogP contribution in [0.4, 0.5) is 0 Å². The molecule has 1 heterocycles. The quantitative estimate of drug-likeness (QED) is 0.765. The number of benzene rings is 1. The van der Waals surface area contributed by atoms with Gasteiger partial charge in [0.15, 0.2) is 0 Å². The van der Waals surface area contributed by atoms with E-state index in [4.69, 9.17) is 0 Å². The van der Waals surface area contributed by atoms with Crippen LogP contribution in [0.1, 0.15) is 22.9 Å². The van der Waals surface area contributed by atoms with Crippen LogP contribution in [0.5, 0.6) is 0 Å². The summed E-state index contributed by atoms with van der Waals surface area (Å²) in [6.45, 7) is 2.03. The molecule has 80 valence electrons. The standard InChI is InChI=1S/C13H13N3/c1-10-3-5-11(6-4-10)12(9-14)13-15-7-8-16(13)2/h3-8,12H,1-2H3. The third kappa shape index (κ3) is 1.82. The first-order chi connectivity index (χ1) is 7.72. The summed E-state index contributed by atoms with van der Waals surface area (Å²) in [4.78, 5) is 4.23. The Kier molecular flexibility index (Phi) is 2.74. The Hall–Kier alpha value is -2.08. The molecule has 1 unspecified atom stereocenters. The number of hydrogen-bond acceptors (Lipinski definition) is 2. The topological polar surface area (TPSA) is 41.6 Å². The summed E-state index contributed by atoms with van der Waals surface area (Å²) in [6, 6.07) is 10.3. The molecule has 3 nitrogen and oxygen atoms in total. The third-order valence-electron chi connectivity index (χ3n) is 2.66. The maximum atomic E-state index is 9.24. The molecule has 2 aromatic rings. The lowest BCUT2D eigenvalue weighted by Gasteiger charge is -2.09. The molecule has 0 bridgehead atoms. The Bertz CT molecular complexity index is 517. The van der Waals surface area contributed by atoms with Gasteiger partial charge in [0.2, 0.25) is 0 Å². The molecule has 2 rings (SSSR count). The molecule has 0 N–H and O–H groups in total. The largest absolute Gasteiger partial charge is 0.337 e. The number of rotatable bonds is 2. The molecule has 0 aliphatic rings. The molecule has 0 saturated carbocycles. The molecule has 0 aliphatic carbocycles. The molecule has 1 atom stereocenters. The van der Waals surface area contributed by atoms with Crippen molar-refractivity contribution < 1.29 is 0 Å². The highest BCUT2D eigenvalue weighted by Crippen LogP contribution is 2.22. The van der Waals surface area contributed by atoms with E-state index in [0.29, 0.717) is 0 Å². The molecular formula is C13H13N3. The van der Waals surface area contributed by atoms with Gasteiger partial charge >= 0.3 is 0 Å². The van der Waals surface area contributed by atoms with Crippen molar-refractivity contribution in [3.8, 4) is 6.07 Å². The van der Waals surface area contributed by atoms with E-state index in [1.165, 1.54) is 5.56 Å². The highest BCUT2D eigenvalue weighted by atomic mass is 15.0. The lowest BCUT2D eigenvalue weighted by molar-refractivity contribution is 0.783. The van der Waals surface area contributed by atoms with E-state index in [-0.39, 0.29) is 5.92 Å². The molecule has 0 aliphatic heterocycles. The van der Waals surface area contributed by atoms with Gasteiger partial charge in [-0.25, -0.2) is 4.98 Å². The summed E-state index contributed by atoms with van der Waals surface area (Å²) >= 11 is 0. The van der Waals surface area contributed by atoms with Crippen LogP contribution in [0.15, 0.2) is 36.7 Å². The zero-order valence-corrected chi connectivity index (χ0v) is 9.38. The van der Waals surface area contributed by atoms with E-state index in [2.05, 4.69) is 11.1 Å². The van der Waals surface area contributed by atoms with Crippen LogP contribution in [0.3, 0.4) is 0 Å². The molecule has 0 spiro atoms. The van der Waals surface area contributed by atoms with Crippen molar-refractivity contribution in [1.82, 2.24) is 9.55 Å². The van der Waals surface area contributed by atoms with Crippen LogP contribution in [0.25, 0.3) is 0 Å². The molecular weight excluding hydrogens is 198 g/mol. The first-order valence-electron chi connectivity index (χ1n) is 5.16. The van der Waals surface area contributed by atoms with Crippen molar-refractivity contribution in [2.45, 2.75) is 12.8 Å². The van der Waals surface area contributed by atoms with Gasteiger partial charge < -0.3 is 4.57 Å². The maximum Gasteiger partial charge on any atom is 0.130 e. The molecule has 1 aromatic carbocycles. The molecule has 0 fully saturated rings. The fraction of sp³-hybridized carbons (Fsp3) is 0.231. The van der Waals surface area contributed by atoms with Gasteiger partial charge in [0.05, 0.1) is 6.07 Å². The Morgan fingerprint density at radius 1 is 1.31 bits per heavy atom. The van der Waals surface area contributed by atoms with Gasteiger partial charge in [0.1, 0.15) is 11.7 Å². The zero-order chi connectivity index (χ0) is 11.5. The minimum absolute atomic E-state index is 0.291. The molecule has 16 heavy (non-hydrogen) atoms. The van der Waals surface area contributed by atoms with Crippen LogP contribution in [0.2, 0.25) is 0 Å². The van der Waals surface area contributed by atoms with Crippen molar-refractivity contribution in [2.75, 3.05) is 0 Å². The Labute approximate surface area is 95.0 Å². The molecule has 0 amide bonds. The predicted molar refractivity (Wildman–Crippen MR) is 61.8 cm³/mol. The Morgan fingerprint density at radius 2 is 2.00 bits per heavy atom. The van der Waals surface area contributed by atoms with Gasteiger partial charge in [-0.15, -0.1) is 0 Å². The molecule has 1 aromatic heterocycles. The summed E-state index contributed by atoms with van der Waals surface area (Å²) in [5.74, 6) is 0.493. The van der Waals surface area contributed by atoms with Crippen molar-refractivity contribution in [1.29, 1.82) is 5.26 Å². The lowest BCUT2D eigenvalue weighted by atomic mass is 9.99. The van der Waals surface area contributed by atoms with E-state index in [1.54, 1.807) is 6.20 Å². The monoisotopic (exact) mass is 211 g/mol. The number of hydrogen-bond donors (Lipinski definition) is 0. The van der Waals surface area contributed by atoms with Gasteiger partial charge in [0, 0.05) is 19.4 Å². The van der Waals surface area contributed by atoms with Gasteiger partial charge in [0.25, 0.3) is 0 Å². The number of aromatic nitrogens is 2. The van der Waals surface area contributed by atoms with Gasteiger partial charge in [-0.05, 0) is 12.5 Å². The van der Waals surface area contributed by atoms with Gasteiger partial charge in [-0.3, -0.25) is 0 Å². The molecule has 3 heteroatoms. The highest BCUT2D eigenvalue weighted by Gasteiger charge is 2.16. The Balaban J connectivity index is 2.42. The van der Waals surface area contributed by atoms with Gasteiger partial charge in [-0.1, -0.05) is 29.8 Å². The number of nitriles is 1. The normalized spacial score (nSPS) is 12.1. The van der Waals surface area contributed by atoms with Gasteiger partial charge in [-0.2, -0.15) is 5.26 Å². The summed E-state index contributed by atoms with van der Waals surface area (Å²) in [6.07, 6.45) is 3.57. The Morgan fingerprint density at radius 3 is 2.50 bits per heavy atom. The molecule has 0 radical (unpaired) electrons. The van der Waals surface area contributed by atoms with Crippen LogP contribution >= 0.6 is 0 Å². The summed E-state index contributed by atoms with van der Waals surface area (Å²) in [5.41, 5.74) is 2.18. The first kappa shape index (κ1) is 10.4. The second-order valence-corrected chi connectivity index (χ2v) is 3.87. The van der Waals surface area contributed by atoms with Crippen LogP contribution in [-0.2, 0) is 7.05 Å². The van der Waals surface area contributed by atoms with E-state index >= 15 is 0 Å². The molecule has 0 saturated heterocycles. The fourth-order valence-electron chi connectivity index (χ4n) is 1.70. The number of imidazole rings is 1. The van der Waals surface area contributed by atoms with E-state index in [9.17, 15) is 5.26 Å². The van der Waals surface area contributed by atoms with Crippen molar-refractivity contribution in [3.05, 3.63) is 53.6 Å². The fourth-order valence-corrected chi connectivity index (χ4v) is 1.70. The van der Waals surface area contributed by atoms with E-state index in [1.807, 2.05) is 49.0 Å². The van der Waals surface area contributed by atoms with Crippen LogP contribution in [-0.4, -0.2) is 9.55 Å². The number of aryl methyl sites for hydroxylation is 2. The SMILES string of the molecule is Cc1ccc(C(C#N)c2nccn2C)cc1. The second kappa shape index (κ2) is 4.19. The van der Waals surface area contributed by atoms with E-state index in [0.717, 1.165) is 11.4 Å². The van der Waals surface area contributed by atoms with E-state index < -0.39 is 0 Å². The first-order valence-corrected chi connectivity index (χ1v) is 5.16. The highest BCUT2D eigenvalue weighted by molar-refractivity contribution is 5.33. The summed E-state index contributed by atoms with van der Waals surface area (Å²) < 4.78 is 1.88. The second-order valence-electron chi connectivity index (χ2n) is 3.87. The van der Waals surface area contributed by atoms with Crippen LogP contribution < -0.4 is 0 Å². The number of nitrogens with zero attached hydrogens (tertiary/aromatic N) is 3. The van der Waals surface area contributed by atoms with Crippen LogP contribution in [0, 0.1) is 18.3 Å². The zero-order valence-electron chi connectivity index (χ0n) is 9.38. The maximum absolute atomic E-state index is 9.24. The average molecular weight is 211 g/mol. The third-order valence-corrected chi connectivity index (χ3v) is 2.66. The van der Waals surface area contributed by atoms with Crippen molar-refractivity contribution in [3.63, 3.8) is 0 Å². The lowest BCUT2D eigenvalue weighted by Crippen LogP contribution is -2.05. The predicted octanol–water partition coefficient (Wildman–Crippen LogP) is 2.38.